The Morgan fingerprint density at radius 1 is 1.46 bits per heavy atom. The minimum absolute atomic E-state index is 0.0205. The fourth-order valence-corrected chi connectivity index (χ4v) is 4.33. The van der Waals surface area contributed by atoms with Crippen molar-refractivity contribution in [3.8, 4) is 5.75 Å². The fraction of sp³-hybridized carbons (Fsp3) is 0.450. The largest absolute Gasteiger partial charge is 0.492 e. The zero-order chi connectivity index (χ0) is 19.7. The van der Waals surface area contributed by atoms with Gasteiger partial charge in [-0.05, 0) is 44.9 Å². The number of aryl methyl sites for hydroxylation is 2. The summed E-state index contributed by atoms with van der Waals surface area (Å²) in [5, 5.41) is 5.01. The molecule has 3 heterocycles. The van der Waals surface area contributed by atoms with Crippen molar-refractivity contribution in [1.29, 1.82) is 0 Å². The predicted molar refractivity (Wildman–Crippen MR) is 109 cm³/mol. The Bertz CT molecular complexity index is 971. The highest BCUT2D eigenvalue weighted by Gasteiger charge is 2.29. The van der Waals surface area contributed by atoms with E-state index in [-0.39, 0.29) is 12.0 Å². The number of hydrogen-bond acceptors (Lipinski definition) is 6. The second kappa shape index (κ2) is 7.89. The van der Waals surface area contributed by atoms with E-state index in [0.717, 1.165) is 41.1 Å². The van der Waals surface area contributed by atoms with Crippen molar-refractivity contribution in [3.63, 3.8) is 0 Å². The van der Waals surface area contributed by atoms with Crippen molar-refractivity contribution in [3.05, 3.63) is 35.7 Å². The molecule has 0 aliphatic carbocycles. The first-order valence-electron chi connectivity index (χ1n) is 9.53. The third kappa shape index (κ3) is 3.62. The van der Waals surface area contributed by atoms with Gasteiger partial charge in [-0.15, -0.1) is 0 Å². The van der Waals surface area contributed by atoms with Gasteiger partial charge in [-0.2, -0.15) is 5.10 Å². The number of amides is 1. The highest BCUT2D eigenvalue weighted by atomic mass is 32.1. The maximum Gasteiger partial charge on any atom is 0.280 e. The van der Waals surface area contributed by atoms with Gasteiger partial charge in [-0.3, -0.25) is 14.4 Å². The summed E-state index contributed by atoms with van der Waals surface area (Å²) < 4.78 is 14.2. The lowest BCUT2D eigenvalue weighted by Crippen LogP contribution is -2.37. The van der Waals surface area contributed by atoms with E-state index in [0.29, 0.717) is 24.0 Å². The average molecular weight is 401 g/mol. The second-order valence-corrected chi connectivity index (χ2v) is 7.89. The third-order valence-electron chi connectivity index (χ3n) is 4.89. The summed E-state index contributed by atoms with van der Waals surface area (Å²) >= 11 is 1.49. The third-order valence-corrected chi connectivity index (χ3v) is 5.93. The van der Waals surface area contributed by atoms with Crippen LogP contribution in [0, 0.1) is 6.92 Å². The van der Waals surface area contributed by atoms with Gasteiger partial charge in [0.05, 0.1) is 24.0 Å². The van der Waals surface area contributed by atoms with Crippen LogP contribution in [-0.2, 0) is 11.8 Å². The topological polar surface area (TPSA) is 69.5 Å². The number of nitrogens with zero attached hydrogens (tertiary/aromatic N) is 4. The summed E-state index contributed by atoms with van der Waals surface area (Å²) in [5.41, 5.74) is 2.14. The van der Waals surface area contributed by atoms with Gasteiger partial charge in [0.1, 0.15) is 11.3 Å². The number of benzene rings is 1. The molecule has 1 aliphatic heterocycles. The summed E-state index contributed by atoms with van der Waals surface area (Å²) in [4.78, 5) is 19.8. The fourth-order valence-electron chi connectivity index (χ4n) is 3.34. The monoisotopic (exact) mass is 400 g/mol. The molecule has 28 heavy (non-hydrogen) atoms. The van der Waals surface area contributed by atoms with Gasteiger partial charge in [-0.25, -0.2) is 4.98 Å². The van der Waals surface area contributed by atoms with Gasteiger partial charge in [0.25, 0.3) is 5.91 Å². The molecule has 148 valence electrons. The minimum atomic E-state index is -0.156. The number of thiazole rings is 1. The van der Waals surface area contributed by atoms with Crippen LogP contribution in [0.25, 0.3) is 10.2 Å². The van der Waals surface area contributed by atoms with E-state index < -0.39 is 0 Å². The molecule has 1 atom stereocenters. The summed E-state index contributed by atoms with van der Waals surface area (Å²) in [6, 6.07) is 7.66. The Labute approximate surface area is 167 Å². The molecule has 1 unspecified atom stereocenters. The first-order chi connectivity index (χ1) is 13.6. The van der Waals surface area contributed by atoms with E-state index in [4.69, 9.17) is 14.5 Å². The smallest absolute Gasteiger partial charge is 0.280 e. The van der Waals surface area contributed by atoms with Crippen LogP contribution in [-0.4, -0.2) is 46.5 Å². The van der Waals surface area contributed by atoms with E-state index >= 15 is 0 Å². The molecule has 1 fully saturated rings. The zero-order valence-electron chi connectivity index (χ0n) is 16.3. The number of ether oxygens (including phenoxy) is 2. The van der Waals surface area contributed by atoms with Gasteiger partial charge in [-0.1, -0.05) is 17.4 Å². The van der Waals surface area contributed by atoms with Crippen LogP contribution < -0.4 is 9.64 Å². The zero-order valence-corrected chi connectivity index (χ0v) is 17.2. The Balaban J connectivity index is 1.73. The van der Waals surface area contributed by atoms with Gasteiger partial charge in [0, 0.05) is 19.3 Å². The van der Waals surface area contributed by atoms with E-state index in [2.05, 4.69) is 5.10 Å². The summed E-state index contributed by atoms with van der Waals surface area (Å²) in [6.07, 6.45) is 1.98. The van der Waals surface area contributed by atoms with Gasteiger partial charge in [0.15, 0.2) is 10.8 Å². The molecule has 0 bridgehead atoms. The molecule has 8 heteroatoms. The van der Waals surface area contributed by atoms with Gasteiger partial charge < -0.3 is 9.47 Å². The molecule has 2 aromatic heterocycles. The molecule has 7 nitrogen and oxygen atoms in total. The molecule has 1 amide bonds. The summed E-state index contributed by atoms with van der Waals surface area (Å²) in [7, 11) is 1.84. The lowest BCUT2D eigenvalue weighted by atomic mass is 10.2. The van der Waals surface area contributed by atoms with Gasteiger partial charge in [0.2, 0.25) is 0 Å². The number of carbonyl (C=O) groups is 1. The summed E-state index contributed by atoms with van der Waals surface area (Å²) in [6.45, 7) is 5.66. The predicted octanol–water partition coefficient (Wildman–Crippen LogP) is 3.56. The SMILES string of the molecule is CCOc1cccc2sc(N(CC3CCCO3)C(=O)c3cc(C)n(C)n3)nc12. The second-order valence-electron chi connectivity index (χ2n) is 6.88. The molecule has 1 saturated heterocycles. The summed E-state index contributed by atoms with van der Waals surface area (Å²) in [5.74, 6) is 0.580. The molecule has 1 aliphatic rings. The number of rotatable bonds is 6. The Kier molecular flexibility index (Phi) is 5.32. The Morgan fingerprint density at radius 2 is 2.32 bits per heavy atom. The Hall–Kier alpha value is -2.45. The van der Waals surface area contributed by atoms with Crippen LogP contribution in [0.15, 0.2) is 24.3 Å². The highest BCUT2D eigenvalue weighted by molar-refractivity contribution is 7.22. The number of hydrogen-bond donors (Lipinski definition) is 0. The van der Waals surface area contributed by atoms with Crippen molar-refractivity contribution < 1.29 is 14.3 Å². The van der Waals surface area contributed by atoms with Crippen molar-refractivity contribution in [1.82, 2.24) is 14.8 Å². The van der Waals surface area contributed by atoms with E-state index in [9.17, 15) is 4.79 Å². The Morgan fingerprint density at radius 3 is 3.00 bits per heavy atom. The first kappa shape index (κ1) is 18.9. The molecule has 0 N–H and O–H groups in total. The normalized spacial score (nSPS) is 16.6. The minimum Gasteiger partial charge on any atom is -0.492 e. The number of anilines is 1. The maximum atomic E-state index is 13.3. The molecular formula is C20H24N4O3S. The molecule has 0 spiro atoms. The number of aromatic nitrogens is 3. The first-order valence-corrected chi connectivity index (χ1v) is 10.3. The van der Waals surface area contributed by atoms with Crippen LogP contribution in [0.5, 0.6) is 5.75 Å². The lowest BCUT2D eigenvalue weighted by Gasteiger charge is -2.22. The van der Waals surface area contributed by atoms with Crippen molar-refractivity contribution in [2.75, 3.05) is 24.7 Å². The quantitative estimate of drug-likeness (QED) is 0.633. The van der Waals surface area contributed by atoms with Crippen LogP contribution in [0.2, 0.25) is 0 Å². The molecular weight excluding hydrogens is 376 g/mol. The molecule has 1 aromatic carbocycles. The van der Waals surface area contributed by atoms with Crippen LogP contribution in [0.1, 0.15) is 35.9 Å². The van der Waals surface area contributed by atoms with Crippen molar-refractivity contribution >= 4 is 32.6 Å². The van der Waals surface area contributed by atoms with Crippen molar-refractivity contribution in [2.24, 2.45) is 7.05 Å². The van der Waals surface area contributed by atoms with Crippen LogP contribution >= 0.6 is 11.3 Å². The highest BCUT2D eigenvalue weighted by Crippen LogP contribution is 2.35. The number of para-hydroxylation sites is 1. The lowest BCUT2D eigenvalue weighted by molar-refractivity contribution is 0.0913. The number of fused-ring (bicyclic) bond motifs is 1. The van der Waals surface area contributed by atoms with Gasteiger partial charge >= 0.3 is 0 Å². The number of carbonyl (C=O) groups excluding carboxylic acids is 1. The van der Waals surface area contributed by atoms with E-state index in [1.807, 2.05) is 45.2 Å². The molecule has 3 aromatic rings. The molecule has 0 radical (unpaired) electrons. The van der Waals surface area contributed by atoms with Crippen LogP contribution in [0.3, 0.4) is 0 Å². The molecule has 4 rings (SSSR count). The van der Waals surface area contributed by atoms with Crippen molar-refractivity contribution in [2.45, 2.75) is 32.8 Å². The van der Waals surface area contributed by atoms with E-state index in [1.54, 1.807) is 9.58 Å². The molecule has 0 saturated carbocycles. The standard InChI is InChI=1S/C20H24N4O3S/c1-4-26-16-8-5-9-17-18(16)21-20(28-17)24(12-14-7-6-10-27-14)19(25)15-11-13(2)23(3)22-15/h5,8-9,11,14H,4,6-7,10,12H2,1-3H3. The van der Waals surface area contributed by atoms with Crippen LogP contribution in [0.4, 0.5) is 5.13 Å². The maximum absolute atomic E-state index is 13.3. The average Bonchev–Trinajstić information content (AvgIpc) is 3.40. The van der Waals surface area contributed by atoms with E-state index in [1.165, 1.54) is 11.3 Å².